The minimum Gasteiger partial charge on any atom is -0.353 e. The van der Waals surface area contributed by atoms with Crippen LogP contribution in [-0.4, -0.2) is 48.2 Å². The average molecular weight is 434 g/mol. The molecule has 1 aromatic carbocycles. The zero-order valence-corrected chi connectivity index (χ0v) is 19.8. The summed E-state index contributed by atoms with van der Waals surface area (Å²) in [7, 11) is 2.19. The second-order valence-corrected chi connectivity index (χ2v) is 10.4. The zero-order valence-electron chi connectivity index (χ0n) is 19.8. The van der Waals surface area contributed by atoms with Crippen molar-refractivity contribution < 1.29 is 4.79 Å². The number of hydrogen-bond donors (Lipinski definition) is 2. The number of carbonyl (C=O) groups excluding carboxylic acids is 1. The Morgan fingerprint density at radius 2 is 1.97 bits per heavy atom. The molecule has 0 bridgehead atoms. The summed E-state index contributed by atoms with van der Waals surface area (Å²) in [6.07, 6.45) is 10.3. The highest BCUT2D eigenvalue weighted by Gasteiger charge is 2.46. The van der Waals surface area contributed by atoms with Gasteiger partial charge in [0.1, 0.15) is 0 Å². The number of benzene rings is 1. The molecule has 3 aliphatic rings. The van der Waals surface area contributed by atoms with E-state index in [1.807, 2.05) is 12.4 Å². The average Bonchev–Trinajstić information content (AvgIpc) is 3.07. The van der Waals surface area contributed by atoms with Gasteiger partial charge in [-0.1, -0.05) is 5.57 Å². The lowest BCUT2D eigenvalue weighted by Crippen LogP contribution is -2.43. The summed E-state index contributed by atoms with van der Waals surface area (Å²) in [6, 6.07) is 4.79. The third kappa shape index (κ3) is 3.54. The first-order valence-corrected chi connectivity index (χ1v) is 12.0. The molecule has 1 saturated heterocycles. The molecule has 4 heterocycles. The number of fused-ring (bicyclic) bond motifs is 4. The van der Waals surface area contributed by atoms with E-state index in [4.69, 9.17) is 0 Å². The highest BCUT2D eigenvalue weighted by molar-refractivity contribution is 6.11. The van der Waals surface area contributed by atoms with Crippen LogP contribution in [0.25, 0.3) is 10.9 Å². The van der Waals surface area contributed by atoms with Crippen LogP contribution in [0.1, 0.15) is 69.7 Å². The van der Waals surface area contributed by atoms with Crippen LogP contribution in [0.4, 0.5) is 5.69 Å². The molecule has 1 aromatic heterocycles. The van der Waals surface area contributed by atoms with Gasteiger partial charge in [0.25, 0.3) is 0 Å². The largest absolute Gasteiger partial charge is 0.353 e. The van der Waals surface area contributed by atoms with E-state index in [0.717, 1.165) is 74.1 Å². The predicted molar refractivity (Wildman–Crippen MR) is 131 cm³/mol. The smallest absolute Gasteiger partial charge is 0.237 e. The minimum absolute atomic E-state index is 0.248. The number of aromatic amines is 1. The normalized spacial score (nSPS) is 26.6. The first-order valence-electron chi connectivity index (χ1n) is 12.0. The third-order valence-electron chi connectivity index (χ3n) is 7.61. The number of H-pyrrole nitrogens is 1. The number of amides is 1. The van der Waals surface area contributed by atoms with E-state index in [-0.39, 0.29) is 11.9 Å². The van der Waals surface area contributed by atoms with Crippen molar-refractivity contribution in [1.82, 2.24) is 15.3 Å². The van der Waals surface area contributed by atoms with E-state index >= 15 is 0 Å². The highest BCUT2D eigenvalue weighted by atomic mass is 16.2. The van der Waals surface area contributed by atoms with E-state index in [9.17, 15) is 4.79 Å². The van der Waals surface area contributed by atoms with Crippen molar-refractivity contribution in [2.75, 3.05) is 25.0 Å². The van der Waals surface area contributed by atoms with E-state index < -0.39 is 5.41 Å². The lowest BCUT2D eigenvalue weighted by molar-refractivity contribution is -0.122. The van der Waals surface area contributed by atoms with Gasteiger partial charge < -0.3 is 14.8 Å². The van der Waals surface area contributed by atoms with Crippen molar-refractivity contribution >= 4 is 28.7 Å². The molecule has 1 unspecified atom stereocenters. The Balaban J connectivity index is 1.60. The SMILES string of the molecule is C/C1=C\N/N=C/c2[nH]c3cc4c(cc3c2CCC1)N(C1CCCN(C)CC1)C(=O)C4(C)C. The molecular formula is C26H35N5O. The van der Waals surface area contributed by atoms with Crippen molar-refractivity contribution in [3.05, 3.63) is 40.7 Å². The molecule has 170 valence electrons. The summed E-state index contributed by atoms with van der Waals surface area (Å²) in [4.78, 5) is 21.8. The van der Waals surface area contributed by atoms with Crippen molar-refractivity contribution in [2.45, 2.75) is 70.8 Å². The molecule has 0 spiro atoms. The van der Waals surface area contributed by atoms with Crippen molar-refractivity contribution in [3.8, 4) is 0 Å². The second kappa shape index (κ2) is 8.07. The number of aromatic nitrogens is 1. The Morgan fingerprint density at radius 3 is 2.81 bits per heavy atom. The van der Waals surface area contributed by atoms with Crippen LogP contribution in [0, 0.1) is 0 Å². The van der Waals surface area contributed by atoms with Gasteiger partial charge in [0.05, 0.1) is 17.3 Å². The van der Waals surface area contributed by atoms with Crippen LogP contribution in [-0.2, 0) is 16.6 Å². The van der Waals surface area contributed by atoms with Gasteiger partial charge in [0.15, 0.2) is 0 Å². The Hall–Kier alpha value is -2.60. The van der Waals surface area contributed by atoms with Crippen LogP contribution in [0.15, 0.2) is 29.0 Å². The maximum Gasteiger partial charge on any atom is 0.237 e. The van der Waals surface area contributed by atoms with E-state index in [1.165, 1.54) is 16.5 Å². The molecule has 6 nitrogen and oxygen atoms in total. The Bertz CT molecular complexity index is 1110. The topological polar surface area (TPSA) is 63.7 Å². The van der Waals surface area contributed by atoms with Crippen LogP contribution in [0.5, 0.6) is 0 Å². The minimum atomic E-state index is -0.507. The molecule has 0 radical (unpaired) electrons. The fraction of sp³-hybridized carbons (Fsp3) is 0.538. The van der Waals surface area contributed by atoms with Gasteiger partial charge in [-0.2, -0.15) is 5.10 Å². The number of carbonyl (C=O) groups is 1. The molecule has 6 heteroatoms. The van der Waals surface area contributed by atoms with Crippen LogP contribution in [0.2, 0.25) is 0 Å². The molecule has 0 saturated carbocycles. The van der Waals surface area contributed by atoms with Gasteiger partial charge in [-0.25, -0.2) is 0 Å². The molecule has 2 N–H and O–H groups in total. The molecule has 5 rings (SSSR count). The second-order valence-electron chi connectivity index (χ2n) is 10.4. The lowest BCUT2D eigenvalue weighted by Gasteiger charge is -2.29. The van der Waals surface area contributed by atoms with Gasteiger partial charge >= 0.3 is 0 Å². The summed E-state index contributed by atoms with van der Waals surface area (Å²) in [5.41, 5.74) is 9.58. The quantitative estimate of drug-likeness (QED) is 0.699. The van der Waals surface area contributed by atoms with Gasteiger partial charge in [-0.3, -0.25) is 10.2 Å². The standard InChI is InChI=1S/C26H35N5O/c1-17-7-5-9-19-20-13-24-21(14-22(20)29-23(19)16-28-27-15-17)26(2,3)25(32)31(24)18-8-6-11-30(4)12-10-18/h13-16,18,27,29H,5-12H2,1-4H3/b17-15+,28-16+. The summed E-state index contributed by atoms with van der Waals surface area (Å²) in [5.74, 6) is 0.248. The van der Waals surface area contributed by atoms with Gasteiger partial charge in [-0.05, 0) is 103 Å². The zero-order chi connectivity index (χ0) is 22.5. The number of rotatable bonds is 1. The van der Waals surface area contributed by atoms with E-state index in [1.54, 1.807) is 0 Å². The van der Waals surface area contributed by atoms with Crippen LogP contribution >= 0.6 is 0 Å². The molecular weight excluding hydrogens is 398 g/mol. The predicted octanol–water partition coefficient (Wildman–Crippen LogP) is 4.44. The fourth-order valence-electron chi connectivity index (χ4n) is 5.62. The Morgan fingerprint density at radius 1 is 1.12 bits per heavy atom. The van der Waals surface area contributed by atoms with E-state index in [0.29, 0.717) is 0 Å². The summed E-state index contributed by atoms with van der Waals surface area (Å²) < 4.78 is 0. The van der Waals surface area contributed by atoms with Gasteiger partial charge in [0, 0.05) is 28.8 Å². The third-order valence-corrected chi connectivity index (χ3v) is 7.61. The summed E-state index contributed by atoms with van der Waals surface area (Å²) >= 11 is 0. The molecule has 1 fully saturated rings. The van der Waals surface area contributed by atoms with Crippen LogP contribution in [0.3, 0.4) is 0 Å². The Labute approximate surface area is 190 Å². The maximum atomic E-state index is 13.7. The molecule has 3 aliphatic heterocycles. The molecule has 1 amide bonds. The first kappa shape index (κ1) is 21.3. The fourth-order valence-corrected chi connectivity index (χ4v) is 5.62. The van der Waals surface area contributed by atoms with Gasteiger partial charge in [-0.15, -0.1) is 0 Å². The summed E-state index contributed by atoms with van der Waals surface area (Å²) in [6.45, 7) is 8.46. The number of allylic oxidation sites excluding steroid dienone is 1. The molecule has 32 heavy (non-hydrogen) atoms. The highest BCUT2D eigenvalue weighted by Crippen LogP contribution is 2.46. The molecule has 2 aromatic rings. The maximum absolute atomic E-state index is 13.7. The van der Waals surface area contributed by atoms with Crippen molar-refractivity contribution in [1.29, 1.82) is 0 Å². The number of nitrogens with zero attached hydrogens (tertiary/aromatic N) is 3. The number of aryl methyl sites for hydroxylation is 1. The number of likely N-dealkylation sites (tertiary alicyclic amines) is 1. The number of hydrogen-bond acceptors (Lipinski definition) is 4. The molecule has 0 aliphatic carbocycles. The monoisotopic (exact) mass is 433 g/mol. The van der Waals surface area contributed by atoms with Crippen LogP contribution < -0.4 is 10.3 Å². The summed E-state index contributed by atoms with van der Waals surface area (Å²) in [5, 5.41) is 5.62. The van der Waals surface area contributed by atoms with Crippen molar-refractivity contribution in [3.63, 3.8) is 0 Å². The number of hydrazone groups is 1. The van der Waals surface area contributed by atoms with Crippen molar-refractivity contribution in [2.24, 2.45) is 5.10 Å². The van der Waals surface area contributed by atoms with Gasteiger partial charge in [0.2, 0.25) is 5.91 Å². The molecule has 1 atom stereocenters. The number of nitrogens with one attached hydrogen (secondary N) is 2. The first-order chi connectivity index (χ1) is 15.4. The lowest BCUT2D eigenvalue weighted by atomic mass is 9.85. The number of anilines is 1. The van der Waals surface area contributed by atoms with E-state index in [2.05, 4.69) is 65.3 Å². The Kier molecular flexibility index (Phi) is 5.36.